The quantitative estimate of drug-likeness (QED) is 0.790. The molecule has 0 saturated carbocycles. The van der Waals surface area contributed by atoms with Crippen LogP contribution in [0.4, 0.5) is 0 Å². The minimum absolute atomic E-state index is 0.0402. The maximum absolute atomic E-state index is 11.7. The fraction of sp³-hybridized carbons (Fsp3) is 0.462. The Morgan fingerprint density at radius 2 is 2.25 bits per heavy atom. The summed E-state index contributed by atoms with van der Waals surface area (Å²) in [5.41, 5.74) is 1.06. The molecule has 20 heavy (non-hydrogen) atoms. The molecule has 0 aliphatic heterocycles. The molecule has 2 heterocycles. The molecule has 1 N–H and O–H groups in total. The molecule has 2 aromatic rings. The predicted molar refractivity (Wildman–Crippen MR) is 76.4 cm³/mol. The van der Waals surface area contributed by atoms with Crippen LogP contribution in [0.2, 0.25) is 5.02 Å². The minimum atomic E-state index is 0.0402. The first-order valence-corrected chi connectivity index (χ1v) is 6.96. The highest BCUT2D eigenvalue weighted by molar-refractivity contribution is 6.30. The van der Waals surface area contributed by atoms with Gasteiger partial charge in [-0.1, -0.05) is 11.6 Å². The molecule has 0 radical (unpaired) electrons. The van der Waals surface area contributed by atoms with Crippen LogP contribution in [0, 0.1) is 6.92 Å². The Bertz CT molecular complexity index is 563. The van der Waals surface area contributed by atoms with Crippen LogP contribution in [0.25, 0.3) is 0 Å². The van der Waals surface area contributed by atoms with Crippen molar-refractivity contribution in [2.24, 2.45) is 0 Å². The van der Waals surface area contributed by atoms with Crippen molar-refractivity contribution < 1.29 is 4.79 Å². The van der Waals surface area contributed by atoms with Crippen LogP contribution in [0.3, 0.4) is 0 Å². The Kier molecular flexibility index (Phi) is 5.17. The molecule has 0 fully saturated rings. The lowest BCUT2D eigenvalue weighted by atomic mass is 10.3. The summed E-state index contributed by atoms with van der Waals surface area (Å²) in [6.45, 7) is 3.96. The molecule has 0 spiro atoms. The summed E-state index contributed by atoms with van der Waals surface area (Å²) in [5.74, 6) is 0.0402. The number of carbonyl (C=O) groups excluding carboxylic acids is 1. The number of halogens is 1. The first-order chi connectivity index (χ1) is 9.65. The van der Waals surface area contributed by atoms with E-state index in [9.17, 15) is 4.79 Å². The number of rotatable bonds is 7. The third kappa shape index (κ3) is 4.38. The third-order valence-corrected chi connectivity index (χ3v) is 3.16. The van der Waals surface area contributed by atoms with Crippen molar-refractivity contribution in [3.8, 4) is 0 Å². The molecule has 0 atom stereocenters. The molecule has 7 heteroatoms. The predicted octanol–water partition coefficient (Wildman–Crippen LogP) is 1.64. The lowest BCUT2D eigenvalue weighted by Gasteiger charge is -2.06. The monoisotopic (exact) mass is 295 g/mol. The second-order valence-corrected chi connectivity index (χ2v) is 5.01. The van der Waals surface area contributed by atoms with Gasteiger partial charge in [0.15, 0.2) is 0 Å². The maximum atomic E-state index is 11.7. The van der Waals surface area contributed by atoms with Crippen molar-refractivity contribution in [2.75, 3.05) is 6.54 Å². The molecule has 1 amide bonds. The number of nitrogens with one attached hydrogen (secondary N) is 1. The van der Waals surface area contributed by atoms with Crippen LogP contribution in [-0.2, 0) is 17.9 Å². The van der Waals surface area contributed by atoms with E-state index in [1.54, 1.807) is 23.3 Å². The van der Waals surface area contributed by atoms with Crippen molar-refractivity contribution in [1.29, 1.82) is 0 Å². The van der Waals surface area contributed by atoms with E-state index in [1.165, 1.54) is 0 Å². The van der Waals surface area contributed by atoms with E-state index in [-0.39, 0.29) is 5.91 Å². The number of nitrogens with zero attached hydrogens (tertiary/aromatic N) is 4. The van der Waals surface area contributed by atoms with Gasteiger partial charge >= 0.3 is 0 Å². The Labute approximate surface area is 122 Å². The molecule has 2 aromatic heterocycles. The smallest absolute Gasteiger partial charge is 0.221 e. The second kappa shape index (κ2) is 7.09. The molecule has 0 bridgehead atoms. The van der Waals surface area contributed by atoms with E-state index in [4.69, 9.17) is 11.6 Å². The van der Waals surface area contributed by atoms with E-state index in [0.29, 0.717) is 24.5 Å². The van der Waals surface area contributed by atoms with Crippen molar-refractivity contribution in [3.05, 3.63) is 35.4 Å². The van der Waals surface area contributed by atoms with Gasteiger partial charge in [0.1, 0.15) is 0 Å². The highest BCUT2D eigenvalue weighted by Crippen LogP contribution is 2.04. The van der Waals surface area contributed by atoms with Crippen molar-refractivity contribution in [2.45, 2.75) is 32.9 Å². The molecule has 0 aliphatic carbocycles. The van der Waals surface area contributed by atoms with Gasteiger partial charge in [0.2, 0.25) is 5.91 Å². The van der Waals surface area contributed by atoms with Gasteiger partial charge in [0.25, 0.3) is 0 Å². The Balaban J connectivity index is 1.59. The molecule has 108 valence electrons. The summed E-state index contributed by atoms with van der Waals surface area (Å²) in [5, 5.41) is 11.7. The zero-order chi connectivity index (χ0) is 14.4. The van der Waals surface area contributed by atoms with Crippen molar-refractivity contribution in [1.82, 2.24) is 24.9 Å². The van der Waals surface area contributed by atoms with E-state index >= 15 is 0 Å². The van der Waals surface area contributed by atoms with Crippen LogP contribution in [0.15, 0.2) is 24.7 Å². The van der Waals surface area contributed by atoms with Gasteiger partial charge in [-0.15, -0.1) is 0 Å². The molecule has 0 aliphatic rings. The highest BCUT2D eigenvalue weighted by atomic mass is 35.5. The van der Waals surface area contributed by atoms with Gasteiger partial charge in [-0.25, -0.2) is 0 Å². The van der Waals surface area contributed by atoms with Gasteiger partial charge < -0.3 is 5.32 Å². The number of aryl methyl sites for hydroxylation is 3. The van der Waals surface area contributed by atoms with Crippen LogP contribution < -0.4 is 5.32 Å². The summed E-state index contributed by atoms with van der Waals surface area (Å²) >= 11 is 5.77. The number of hydrogen-bond acceptors (Lipinski definition) is 3. The van der Waals surface area contributed by atoms with Crippen LogP contribution in [0.1, 0.15) is 18.5 Å². The van der Waals surface area contributed by atoms with Gasteiger partial charge in [-0.05, 0) is 19.4 Å². The van der Waals surface area contributed by atoms with Gasteiger partial charge in [0.05, 0.1) is 11.2 Å². The molecule has 0 aromatic carbocycles. The Hall–Kier alpha value is -1.82. The van der Waals surface area contributed by atoms with E-state index in [0.717, 1.165) is 18.7 Å². The first-order valence-electron chi connectivity index (χ1n) is 6.58. The number of hydrogen-bond donors (Lipinski definition) is 1. The maximum Gasteiger partial charge on any atom is 0.221 e. The largest absolute Gasteiger partial charge is 0.356 e. The summed E-state index contributed by atoms with van der Waals surface area (Å²) < 4.78 is 3.59. The highest BCUT2D eigenvalue weighted by Gasteiger charge is 2.03. The molecule has 2 rings (SSSR count). The van der Waals surface area contributed by atoms with E-state index < -0.39 is 0 Å². The number of amides is 1. The molecule has 6 nitrogen and oxygen atoms in total. The third-order valence-electron chi connectivity index (χ3n) is 2.97. The zero-order valence-electron chi connectivity index (χ0n) is 11.4. The standard InChI is InChI=1S/C13H18ClN5O/c1-11-3-6-16-19(11)8-4-13(20)15-5-2-7-18-10-12(14)9-17-18/h3,6,9-10H,2,4-5,7-8H2,1H3,(H,15,20). The molecule has 0 saturated heterocycles. The van der Waals surface area contributed by atoms with Crippen molar-refractivity contribution >= 4 is 17.5 Å². The normalized spacial score (nSPS) is 10.7. The summed E-state index contributed by atoms with van der Waals surface area (Å²) in [7, 11) is 0. The number of carbonyl (C=O) groups is 1. The fourth-order valence-corrected chi connectivity index (χ4v) is 2.01. The average Bonchev–Trinajstić information content (AvgIpc) is 3.01. The van der Waals surface area contributed by atoms with Gasteiger partial charge in [-0.2, -0.15) is 10.2 Å². The minimum Gasteiger partial charge on any atom is -0.356 e. The molecular weight excluding hydrogens is 278 g/mol. The summed E-state index contributed by atoms with van der Waals surface area (Å²) in [6.07, 6.45) is 6.37. The summed E-state index contributed by atoms with van der Waals surface area (Å²) in [6, 6.07) is 1.92. The zero-order valence-corrected chi connectivity index (χ0v) is 12.2. The van der Waals surface area contributed by atoms with Crippen LogP contribution in [0.5, 0.6) is 0 Å². The Morgan fingerprint density at radius 3 is 2.90 bits per heavy atom. The first kappa shape index (κ1) is 14.6. The average molecular weight is 296 g/mol. The van der Waals surface area contributed by atoms with Crippen molar-refractivity contribution in [3.63, 3.8) is 0 Å². The Morgan fingerprint density at radius 1 is 1.40 bits per heavy atom. The van der Waals surface area contributed by atoms with E-state index in [2.05, 4.69) is 15.5 Å². The SMILES string of the molecule is Cc1ccnn1CCC(=O)NCCCn1cc(Cl)cn1. The second-order valence-electron chi connectivity index (χ2n) is 4.57. The molecule has 0 unspecified atom stereocenters. The topological polar surface area (TPSA) is 64.7 Å². The summed E-state index contributed by atoms with van der Waals surface area (Å²) in [4.78, 5) is 11.7. The number of aromatic nitrogens is 4. The van der Waals surface area contributed by atoms with Crippen LogP contribution in [-0.4, -0.2) is 32.0 Å². The molecular formula is C13H18ClN5O. The van der Waals surface area contributed by atoms with E-state index in [1.807, 2.05) is 17.7 Å². The van der Waals surface area contributed by atoms with Gasteiger partial charge in [-0.3, -0.25) is 14.2 Å². The lowest BCUT2D eigenvalue weighted by molar-refractivity contribution is -0.121. The van der Waals surface area contributed by atoms with Crippen LogP contribution >= 0.6 is 11.6 Å². The van der Waals surface area contributed by atoms with Gasteiger partial charge in [0, 0.05) is 44.1 Å². The lowest BCUT2D eigenvalue weighted by Crippen LogP contribution is -2.26. The fourth-order valence-electron chi connectivity index (χ4n) is 1.86.